The number of rotatable bonds is 1. The summed E-state index contributed by atoms with van der Waals surface area (Å²) in [5.74, 6) is 1.07. The van der Waals surface area contributed by atoms with E-state index in [-0.39, 0.29) is 0 Å². The van der Waals surface area contributed by atoms with Crippen molar-refractivity contribution in [3.8, 4) is 0 Å². The molecule has 0 fully saturated rings. The maximum Gasteiger partial charge on any atom is 0.177 e. The second-order valence-electron chi connectivity index (χ2n) is 1.31. The second-order valence-corrected chi connectivity index (χ2v) is 2.39. The predicted octanol–water partition coefficient (Wildman–Crippen LogP) is 0.294. The molecule has 8 heavy (non-hydrogen) atoms. The van der Waals surface area contributed by atoms with Crippen LogP contribution in [0.5, 0.6) is 0 Å². The minimum absolute atomic E-state index is 0.889. The van der Waals surface area contributed by atoms with Gasteiger partial charge >= 0.3 is 0 Å². The Morgan fingerprint density at radius 3 is 3.25 bits per heavy atom. The predicted molar refractivity (Wildman–Crippen MR) is 37.4 cm³/mol. The third-order valence-electron chi connectivity index (χ3n) is 0.760. The van der Waals surface area contributed by atoms with E-state index in [9.17, 15) is 0 Å². The van der Waals surface area contributed by atoms with E-state index < -0.39 is 0 Å². The van der Waals surface area contributed by atoms with Gasteiger partial charge in [-0.15, -0.1) is 0 Å². The minimum atomic E-state index is 0.889. The zero-order valence-electron chi connectivity index (χ0n) is 4.42. The Labute approximate surface area is 52.3 Å². The maximum absolute atomic E-state index is 4.06. The van der Waals surface area contributed by atoms with Crippen LogP contribution in [0.1, 0.15) is 0 Å². The molecular weight excluding hydrogens is 122 g/mol. The van der Waals surface area contributed by atoms with Gasteiger partial charge in [0.1, 0.15) is 0 Å². The minimum Gasteiger partial charge on any atom is -0.260 e. The Bertz CT molecular complexity index is 120. The molecule has 0 spiro atoms. The Hall–Kier alpha value is -0.510. The van der Waals surface area contributed by atoms with Crippen LogP contribution in [-0.2, 0) is 0 Å². The molecule has 0 aromatic carbocycles. The van der Waals surface area contributed by atoms with Crippen LogP contribution in [0.4, 0.5) is 0 Å². The number of hydrogen-bond donors (Lipinski definition) is 1. The van der Waals surface area contributed by atoms with Gasteiger partial charge in [-0.1, -0.05) is 11.8 Å². The van der Waals surface area contributed by atoms with Crippen LogP contribution in [0.15, 0.2) is 10.1 Å². The van der Waals surface area contributed by atoms with E-state index in [0.717, 1.165) is 17.5 Å². The first kappa shape index (κ1) is 5.62. The molecular formula is C4H7N3S. The van der Waals surface area contributed by atoms with Crippen LogP contribution < -0.4 is 5.43 Å². The molecule has 1 N–H and O–H groups in total. The van der Waals surface area contributed by atoms with Crippen molar-refractivity contribution in [2.45, 2.75) is 0 Å². The van der Waals surface area contributed by atoms with Crippen molar-refractivity contribution in [1.29, 1.82) is 0 Å². The molecule has 1 aliphatic heterocycles. The highest BCUT2D eigenvalue weighted by Gasteiger charge is 2.03. The number of hydrogen-bond acceptors (Lipinski definition) is 4. The maximum atomic E-state index is 4.06. The van der Waals surface area contributed by atoms with Gasteiger partial charge in [-0.3, -0.25) is 10.4 Å². The van der Waals surface area contributed by atoms with E-state index in [1.807, 2.05) is 0 Å². The zero-order chi connectivity index (χ0) is 5.82. The molecule has 0 saturated carbocycles. The SMILES string of the molecule is C=NNC1=NCCS1. The zero-order valence-corrected chi connectivity index (χ0v) is 5.24. The molecule has 0 amide bonds. The summed E-state index contributed by atoms with van der Waals surface area (Å²) >= 11 is 1.67. The van der Waals surface area contributed by atoms with Gasteiger partial charge in [-0.2, -0.15) is 5.10 Å². The summed E-state index contributed by atoms with van der Waals surface area (Å²) in [5, 5.41) is 4.35. The van der Waals surface area contributed by atoms with Crippen molar-refractivity contribution in [3.05, 3.63) is 0 Å². The average Bonchev–Trinajstić information content (AvgIpc) is 2.19. The van der Waals surface area contributed by atoms with Gasteiger partial charge in [0.15, 0.2) is 5.17 Å². The average molecular weight is 129 g/mol. The highest BCUT2D eigenvalue weighted by atomic mass is 32.2. The van der Waals surface area contributed by atoms with E-state index in [0.29, 0.717) is 0 Å². The lowest BCUT2D eigenvalue weighted by Crippen LogP contribution is -2.09. The van der Waals surface area contributed by atoms with Gasteiger partial charge < -0.3 is 0 Å². The van der Waals surface area contributed by atoms with Gasteiger partial charge in [0.25, 0.3) is 0 Å². The molecule has 4 heteroatoms. The molecule has 0 radical (unpaired) electrons. The molecule has 0 aromatic rings. The molecule has 44 valence electrons. The summed E-state index contributed by atoms with van der Waals surface area (Å²) in [6.07, 6.45) is 0. The Morgan fingerprint density at radius 1 is 1.88 bits per heavy atom. The fourth-order valence-electron chi connectivity index (χ4n) is 0.470. The quantitative estimate of drug-likeness (QED) is 0.408. The number of amidine groups is 1. The van der Waals surface area contributed by atoms with Crippen molar-refractivity contribution >= 4 is 23.6 Å². The lowest BCUT2D eigenvalue weighted by Gasteiger charge is -1.91. The molecule has 0 saturated heterocycles. The molecule has 0 aromatic heterocycles. The van der Waals surface area contributed by atoms with Gasteiger partial charge in [0.2, 0.25) is 0 Å². The van der Waals surface area contributed by atoms with Gasteiger partial charge in [-0.25, -0.2) is 0 Å². The van der Waals surface area contributed by atoms with Crippen LogP contribution in [0.2, 0.25) is 0 Å². The Kier molecular flexibility index (Phi) is 1.91. The number of nitrogens with zero attached hydrogens (tertiary/aromatic N) is 2. The molecule has 1 aliphatic rings. The number of aliphatic imine (C=N–C) groups is 1. The third kappa shape index (κ3) is 1.23. The summed E-state index contributed by atoms with van der Waals surface area (Å²) in [6.45, 7) is 4.17. The van der Waals surface area contributed by atoms with Crippen LogP contribution in [0.3, 0.4) is 0 Å². The first-order chi connectivity index (χ1) is 3.93. The highest BCUT2D eigenvalue weighted by Crippen LogP contribution is 2.07. The van der Waals surface area contributed by atoms with Crippen LogP contribution in [0.25, 0.3) is 0 Å². The van der Waals surface area contributed by atoms with Crippen molar-refractivity contribution < 1.29 is 0 Å². The van der Waals surface area contributed by atoms with E-state index in [1.54, 1.807) is 11.8 Å². The largest absolute Gasteiger partial charge is 0.260 e. The van der Waals surface area contributed by atoms with Gasteiger partial charge in [0.05, 0.1) is 6.54 Å². The summed E-state index contributed by atoms with van der Waals surface area (Å²) in [5.41, 5.74) is 2.67. The van der Waals surface area contributed by atoms with E-state index in [2.05, 4.69) is 22.2 Å². The van der Waals surface area contributed by atoms with Crippen molar-refractivity contribution in [2.75, 3.05) is 12.3 Å². The second kappa shape index (κ2) is 2.71. The number of nitrogens with one attached hydrogen (secondary N) is 1. The van der Waals surface area contributed by atoms with Crippen LogP contribution >= 0.6 is 11.8 Å². The molecule has 3 nitrogen and oxygen atoms in total. The van der Waals surface area contributed by atoms with E-state index in [1.165, 1.54) is 0 Å². The molecule has 0 unspecified atom stereocenters. The molecule has 1 rings (SSSR count). The number of thioether (sulfide) groups is 1. The smallest absolute Gasteiger partial charge is 0.177 e. The lowest BCUT2D eigenvalue weighted by atomic mass is 10.8. The fraction of sp³-hybridized carbons (Fsp3) is 0.500. The molecule has 0 atom stereocenters. The Balaban J connectivity index is 2.33. The normalized spacial score (nSPS) is 17.8. The Morgan fingerprint density at radius 2 is 2.75 bits per heavy atom. The summed E-state index contributed by atoms with van der Waals surface area (Å²) in [6, 6.07) is 0. The van der Waals surface area contributed by atoms with Gasteiger partial charge in [0, 0.05) is 12.5 Å². The standard InChI is InChI=1S/C4H7N3S/c1-5-7-4-6-2-3-8-4/h1-3H2,(H,6,7). The summed E-state index contributed by atoms with van der Waals surface area (Å²) in [7, 11) is 0. The van der Waals surface area contributed by atoms with E-state index in [4.69, 9.17) is 0 Å². The first-order valence-corrected chi connectivity index (χ1v) is 3.31. The van der Waals surface area contributed by atoms with E-state index >= 15 is 0 Å². The summed E-state index contributed by atoms with van der Waals surface area (Å²) in [4.78, 5) is 4.06. The molecule has 1 heterocycles. The number of hydrazone groups is 1. The van der Waals surface area contributed by atoms with Crippen molar-refractivity contribution in [3.63, 3.8) is 0 Å². The fourth-order valence-corrected chi connectivity index (χ4v) is 1.16. The first-order valence-electron chi connectivity index (χ1n) is 2.32. The van der Waals surface area contributed by atoms with Gasteiger partial charge in [-0.05, 0) is 0 Å². The topological polar surface area (TPSA) is 36.8 Å². The van der Waals surface area contributed by atoms with Crippen LogP contribution in [0, 0.1) is 0 Å². The third-order valence-corrected chi connectivity index (χ3v) is 1.64. The van der Waals surface area contributed by atoms with Crippen molar-refractivity contribution in [1.82, 2.24) is 5.43 Å². The van der Waals surface area contributed by atoms with Crippen molar-refractivity contribution in [2.24, 2.45) is 10.1 Å². The highest BCUT2D eigenvalue weighted by molar-refractivity contribution is 8.14. The molecule has 0 aliphatic carbocycles. The lowest BCUT2D eigenvalue weighted by molar-refractivity contribution is 1.04. The monoisotopic (exact) mass is 129 g/mol. The summed E-state index contributed by atoms with van der Waals surface area (Å²) < 4.78 is 0. The van der Waals surface area contributed by atoms with Crippen LogP contribution in [-0.4, -0.2) is 24.2 Å². The molecule has 0 bridgehead atoms.